The zero-order chi connectivity index (χ0) is 14.9. The van der Waals surface area contributed by atoms with Gasteiger partial charge in [0.25, 0.3) is 5.88 Å². The van der Waals surface area contributed by atoms with Crippen LogP contribution >= 0.6 is 0 Å². The molecule has 0 radical (unpaired) electrons. The van der Waals surface area contributed by atoms with E-state index < -0.39 is 6.36 Å². The molecule has 3 rings (SSSR count). The molecule has 21 heavy (non-hydrogen) atoms. The van der Waals surface area contributed by atoms with E-state index in [0.717, 1.165) is 18.4 Å². The summed E-state index contributed by atoms with van der Waals surface area (Å²) in [5.74, 6) is 0.523. The van der Waals surface area contributed by atoms with Crippen LogP contribution in [0.15, 0.2) is 30.5 Å². The number of halogens is 3. The molecule has 1 fully saturated rings. The van der Waals surface area contributed by atoms with E-state index in [1.807, 2.05) is 0 Å². The summed E-state index contributed by atoms with van der Waals surface area (Å²) in [6.45, 7) is 0. The fourth-order valence-electron chi connectivity index (χ4n) is 2.29. The summed E-state index contributed by atoms with van der Waals surface area (Å²) in [7, 11) is 0. The van der Waals surface area contributed by atoms with Gasteiger partial charge < -0.3 is 9.47 Å². The van der Waals surface area contributed by atoms with Crippen LogP contribution in [0.1, 0.15) is 24.3 Å². The van der Waals surface area contributed by atoms with Crippen LogP contribution in [-0.2, 0) is 0 Å². The molecule has 0 saturated heterocycles. The lowest BCUT2D eigenvalue weighted by Crippen LogP contribution is -2.32. The first-order chi connectivity index (χ1) is 9.99. The molecule has 1 N–H and O–H groups in total. The van der Waals surface area contributed by atoms with Crippen molar-refractivity contribution in [2.45, 2.75) is 31.2 Å². The molecule has 1 aliphatic rings. The van der Waals surface area contributed by atoms with E-state index in [0.29, 0.717) is 5.88 Å². The average molecular weight is 299 g/mol. The maximum Gasteiger partial charge on any atom is 0.573 e. The van der Waals surface area contributed by atoms with Crippen LogP contribution in [0.2, 0.25) is 0 Å². The lowest BCUT2D eigenvalue weighted by Gasteiger charge is -2.34. The summed E-state index contributed by atoms with van der Waals surface area (Å²) in [6.07, 6.45) is -1.50. The van der Waals surface area contributed by atoms with Crippen LogP contribution in [0.5, 0.6) is 11.6 Å². The Hall–Kier alpha value is -2.25. The van der Waals surface area contributed by atoms with Crippen LogP contribution in [0.3, 0.4) is 0 Å². The van der Waals surface area contributed by atoms with Crippen molar-refractivity contribution in [2.75, 3.05) is 0 Å². The molecular weight excluding hydrogens is 287 g/mol. The molecule has 2 aromatic rings. The van der Waals surface area contributed by atoms with Crippen LogP contribution in [0.4, 0.5) is 13.2 Å². The predicted octanol–water partition coefficient (Wildman–Crippen LogP) is 3.03. The highest BCUT2D eigenvalue weighted by Crippen LogP contribution is 2.39. The summed E-state index contributed by atoms with van der Waals surface area (Å²) in [5, 5.41) is 9.90. The molecule has 0 aliphatic heterocycles. The van der Waals surface area contributed by atoms with E-state index in [1.54, 1.807) is 12.1 Å². The quantitative estimate of drug-likeness (QED) is 0.942. The van der Waals surface area contributed by atoms with Crippen molar-refractivity contribution in [2.24, 2.45) is 0 Å². The Kier molecular flexibility index (Phi) is 3.44. The number of H-pyrrole nitrogens is 1. The Morgan fingerprint density at radius 3 is 2.43 bits per heavy atom. The van der Waals surface area contributed by atoms with E-state index in [2.05, 4.69) is 20.1 Å². The summed E-state index contributed by atoms with van der Waals surface area (Å²) >= 11 is 0. The molecule has 0 bridgehead atoms. The first kappa shape index (κ1) is 13.7. The largest absolute Gasteiger partial charge is 0.573 e. The topological polar surface area (TPSA) is 60.0 Å². The molecule has 1 aliphatic carbocycles. The van der Waals surface area contributed by atoms with Crippen molar-refractivity contribution in [3.63, 3.8) is 0 Å². The zero-order valence-corrected chi connectivity index (χ0v) is 10.8. The van der Waals surface area contributed by atoms with Gasteiger partial charge in [-0.3, -0.25) is 0 Å². The Balaban J connectivity index is 1.52. The van der Waals surface area contributed by atoms with Gasteiger partial charge in [0.1, 0.15) is 18.1 Å². The number of hydrogen-bond acceptors (Lipinski definition) is 4. The van der Waals surface area contributed by atoms with E-state index >= 15 is 0 Å². The first-order valence-electron chi connectivity index (χ1n) is 6.38. The minimum Gasteiger partial charge on any atom is -0.472 e. The van der Waals surface area contributed by atoms with Crippen LogP contribution in [-0.4, -0.2) is 27.9 Å². The van der Waals surface area contributed by atoms with E-state index in [9.17, 15) is 13.2 Å². The number of aromatic amines is 1. The van der Waals surface area contributed by atoms with E-state index in [-0.39, 0.29) is 17.8 Å². The van der Waals surface area contributed by atoms with Crippen LogP contribution < -0.4 is 9.47 Å². The zero-order valence-electron chi connectivity index (χ0n) is 10.8. The molecule has 5 nitrogen and oxygen atoms in total. The van der Waals surface area contributed by atoms with Crippen molar-refractivity contribution >= 4 is 0 Å². The van der Waals surface area contributed by atoms with Gasteiger partial charge in [0.05, 0.1) is 0 Å². The van der Waals surface area contributed by atoms with E-state index in [1.165, 1.54) is 18.3 Å². The minimum atomic E-state index is -4.66. The third-order valence-electron chi connectivity index (χ3n) is 3.36. The molecule has 1 aromatic heterocycles. The molecule has 8 heteroatoms. The number of alkyl halides is 3. The van der Waals surface area contributed by atoms with Crippen molar-refractivity contribution in [3.8, 4) is 11.6 Å². The normalized spacial score (nSPS) is 21.7. The second-order valence-electron chi connectivity index (χ2n) is 4.83. The highest BCUT2D eigenvalue weighted by Gasteiger charge is 2.33. The Morgan fingerprint density at radius 1 is 1.14 bits per heavy atom. The van der Waals surface area contributed by atoms with Gasteiger partial charge in [-0.2, -0.15) is 10.3 Å². The van der Waals surface area contributed by atoms with Crippen LogP contribution in [0.25, 0.3) is 0 Å². The number of hydrogen-bond donors (Lipinski definition) is 1. The third kappa shape index (κ3) is 3.45. The third-order valence-corrected chi connectivity index (χ3v) is 3.36. The fraction of sp³-hybridized carbons (Fsp3) is 0.385. The van der Waals surface area contributed by atoms with Gasteiger partial charge in [0, 0.05) is 0 Å². The van der Waals surface area contributed by atoms with Crippen molar-refractivity contribution in [3.05, 3.63) is 36.0 Å². The SMILES string of the molecule is FC(F)(F)Oc1ccc(C2CC(Oc3cn[nH]n3)C2)cc1. The number of ether oxygens (including phenoxy) is 2. The van der Waals surface area contributed by atoms with Gasteiger partial charge in [-0.25, -0.2) is 0 Å². The van der Waals surface area contributed by atoms with E-state index in [4.69, 9.17) is 4.74 Å². The number of aromatic nitrogens is 3. The summed E-state index contributed by atoms with van der Waals surface area (Å²) in [5.41, 5.74) is 0.976. The van der Waals surface area contributed by atoms with Gasteiger partial charge in [-0.15, -0.1) is 18.3 Å². The smallest absolute Gasteiger partial charge is 0.472 e. The summed E-state index contributed by atoms with van der Waals surface area (Å²) in [4.78, 5) is 0. The number of nitrogens with one attached hydrogen (secondary N) is 1. The highest BCUT2D eigenvalue weighted by molar-refractivity contribution is 5.31. The second kappa shape index (κ2) is 5.27. The van der Waals surface area contributed by atoms with Gasteiger partial charge in [-0.1, -0.05) is 12.1 Å². The molecular formula is C13H12F3N3O2. The maximum atomic E-state index is 12.1. The Bertz CT molecular complexity index is 578. The minimum absolute atomic E-state index is 0.0613. The summed E-state index contributed by atoms with van der Waals surface area (Å²) in [6, 6.07) is 5.96. The average Bonchev–Trinajstić information content (AvgIpc) is 2.85. The molecule has 0 spiro atoms. The molecule has 0 atom stereocenters. The Labute approximate surface area is 118 Å². The van der Waals surface area contributed by atoms with Crippen LogP contribution in [0, 0.1) is 0 Å². The highest BCUT2D eigenvalue weighted by atomic mass is 19.4. The number of rotatable bonds is 4. The number of benzene rings is 1. The number of nitrogens with zero attached hydrogens (tertiary/aromatic N) is 2. The van der Waals surface area contributed by atoms with Gasteiger partial charge >= 0.3 is 6.36 Å². The van der Waals surface area contributed by atoms with Crippen molar-refractivity contribution < 1.29 is 22.6 Å². The first-order valence-corrected chi connectivity index (χ1v) is 6.38. The van der Waals surface area contributed by atoms with Gasteiger partial charge in [0.15, 0.2) is 0 Å². The standard InChI is InChI=1S/C13H12F3N3O2/c14-13(15,16)21-10-3-1-8(2-4-10)9-5-11(6-9)20-12-7-17-19-18-12/h1-4,7,9,11H,5-6H2,(H,17,18,19). The molecule has 1 heterocycles. The molecule has 1 saturated carbocycles. The van der Waals surface area contributed by atoms with Crippen molar-refractivity contribution in [1.82, 2.24) is 15.4 Å². The monoisotopic (exact) mass is 299 g/mol. The molecule has 112 valence electrons. The second-order valence-corrected chi connectivity index (χ2v) is 4.83. The van der Waals surface area contributed by atoms with Crippen molar-refractivity contribution in [1.29, 1.82) is 0 Å². The van der Waals surface area contributed by atoms with Gasteiger partial charge in [-0.05, 0) is 36.5 Å². The predicted molar refractivity (Wildman–Crippen MR) is 65.9 cm³/mol. The Morgan fingerprint density at radius 2 is 1.86 bits per heavy atom. The maximum absolute atomic E-state index is 12.1. The molecule has 0 unspecified atom stereocenters. The lowest BCUT2D eigenvalue weighted by atomic mass is 9.77. The fourth-order valence-corrected chi connectivity index (χ4v) is 2.29. The molecule has 0 amide bonds. The van der Waals surface area contributed by atoms with Gasteiger partial charge in [0.2, 0.25) is 0 Å². The molecule has 1 aromatic carbocycles. The lowest BCUT2D eigenvalue weighted by molar-refractivity contribution is -0.274. The summed E-state index contributed by atoms with van der Waals surface area (Å²) < 4.78 is 45.6.